The van der Waals surface area contributed by atoms with Gasteiger partial charge in [0.2, 0.25) is 0 Å². The topological polar surface area (TPSA) is 71.4 Å². The van der Waals surface area contributed by atoms with Crippen molar-refractivity contribution >= 4 is 125 Å². The molecular formula is C60H41B2N5O2. The van der Waals surface area contributed by atoms with E-state index in [2.05, 4.69) is 206 Å². The second-order valence-electron chi connectivity index (χ2n) is 18.7. The van der Waals surface area contributed by atoms with Crippen molar-refractivity contribution in [3.8, 4) is 0 Å². The number of benzene rings is 8. The molecule has 6 heterocycles. The van der Waals surface area contributed by atoms with Crippen LogP contribution in [0.3, 0.4) is 0 Å². The van der Waals surface area contributed by atoms with Crippen molar-refractivity contribution in [1.82, 2.24) is 15.0 Å². The summed E-state index contributed by atoms with van der Waals surface area (Å²) in [4.78, 5) is 19.0. The molecule has 0 radical (unpaired) electrons. The highest BCUT2D eigenvalue weighted by atomic mass is 16.3. The summed E-state index contributed by atoms with van der Waals surface area (Å²) in [6.07, 6.45) is 5.35. The Bertz CT molecular complexity index is 3880. The summed E-state index contributed by atoms with van der Waals surface area (Å²) in [6, 6.07) is 69.2. The minimum Gasteiger partial charge on any atom is -0.471 e. The van der Waals surface area contributed by atoms with E-state index in [4.69, 9.17) is 23.8 Å². The summed E-state index contributed by atoms with van der Waals surface area (Å²) in [5, 5.41) is 3.08. The number of rotatable bonds is 6. The highest BCUT2D eigenvalue weighted by molar-refractivity contribution is 7.12. The molecule has 0 saturated heterocycles. The molecular weight excluding hydrogens is 844 g/mol. The molecule has 7 nitrogen and oxygen atoms in total. The number of nitrogens with zero attached hydrogens (tertiary/aromatic N) is 5. The predicted molar refractivity (Wildman–Crippen MR) is 285 cm³/mol. The van der Waals surface area contributed by atoms with E-state index in [1.807, 2.05) is 18.3 Å². The molecule has 0 saturated carbocycles. The first-order valence-electron chi connectivity index (χ1n) is 23.6. The quantitative estimate of drug-likeness (QED) is 0.154. The summed E-state index contributed by atoms with van der Waals surface area (Å²) in [7, 11) is 0. The zero-order valence-electron chi connectivity index (χ0n) is 37.9. The van der Waals surface area contributed by atoms with Crippen molar-refractivity contribution in [3.63, 3.8) is 0 Å². The maximum absolute atomic E-state index is 7.30. The second kappa shape index (κ2) is 15.2. The van der Waals surface area contributed by atoms with Crippen LogP contribution in [0.25, 0.3) is 43.9 Å². The first kappa shape index (κ1) is 39.5. The van der Waals surface area contributed by atoms with Gasteiger partial charge < -0.3 is 18.6 Å². The van der Waals surface area contributed by atoms with Crippen LogP contribution < -0.4 is 43.0 Å². The van der Waals surface area contributed by atoms with Crippen molar-refractivity contribution in [2.45, 2.75) is 19.3 Å². The molecule has 69 heavy (non-hydrogen) atoms. The Hall–Kier alpha value is -8.68. The second-order valence-corrected chi connectivity index (χ2v) is 18.7. The highest BCUT2D eigenvalue weighted by Crippen LogP contribution is 2.51. The Morgan fingerprint density at radius 2 is 0.986 bits per heavy atom. The minimum atomic E-state index is -0.324. The van der Waals surface area contributed by atoms with Crippen LogP contribution in [0.1, 0.15) is 25.0 Å². The van der Waals surface area contributed by atoms with Crippen LogP contribution in [0.4, 0.5) is 34.1 Å². The predicted octanol–water partition coefficient (Wildman–Crippen LogP) is 10.6. The van der Waals surface area contributed by atoms with Crippen LogP contribution in [0.5, 0.6) is 0 Å². The standard InChI is InChI=1S/C60H41B2N5O2/c1-60(2)46-19-9-11-21-51(46)67(52-22-12-10-20-47(52)60)43-29-25-39(26-30-43)62-57-55-44-18-13-33-63-48(44)31-32-53(55)68-59(57)61(56-45-36-49-50(65-35-34-64-49)37-54(45)69-58(56)62)38-23-27-42(28-24-38)66(40-14-5-3-6-15-40)41-16-7-4-8-17-41/h3-37H,1-2H3. The Morgan fingerprint density at radius 3 is 1.65 bits per heavy atom. The zero-order chi connectivity index (χ0) is 45.8. The fourth-order valence-corrected chi connectivity index (χ4v) is 11.5. The lowest BCUT2D eigenvalue weighted by Gasteiger charge is -2.42. The molecule has 8 aromatic carbocycles. The fraction of sp³-hybridized carbons (Fsp3) is 0.0500. The van der Waals surface area contributed by atoms with E-state index in [0.717, 1.165) is 99.8 Å². The van der Waals surface area contributed by atoms with Gasteiger partial charge in [-0.05, 0) is 107 Å². The largest absolute Gasteiger partial charge is 0.471 e. The van der Waals surface area contributed by atoms with Crippen molar-refractivity contribution < 1.29 is 8.83 Å². The summed E-state index contributed by atoms with van der Waals surface area (Å²) >= 11 is 0. The van der Waals surface area contributed by atoms with E-state index in [-0.39, 0.29) is 18.8 Å². The number of furan rings is 2. The fourth-order valence-electron chi connectivity index (χ4n) is 11.5. The van der Waals surface area contributed by atoms with Gasteiger partial charge in [0, 0.05) is 69.0 Å². The van der Waals surface area contributed by atoms with Gasteiger partial charge in [0.15, 0.2) is 0 Å². The van der Waals surface area contributed by atoms with Gasteiger partial charge >= 0.3 is 0 Å². The third-order valence-electron chi connectivity index (χ3n) is 14.6. The lowest BCUT2D eigenvalue weighted by Crippen LogP contribution is -2.73. The number of hydrogen-bond acceptors (Lipinski definition) is 7. The molecule has 2 aliphatic heterocycles. The number of fused-ring (bicyclic) bond motifs is 11. The molecule has 324 valence electrons. The zero-order valence-corrected chi connectivity index (χ0v) is 37.9. The molecule has 0 aliphatic carbocycles. The number of aromatic nitrogens is 3. The number of pyridine rings is 1. The van der Waals surface area contributed by atoms with Crippen molar-refractivity contribution in [1.29, 1.82) is 0 Å². The van der Waals surface area contributed by atoms with E-state index >= 15 is 0 Å². The maximum atomic E-state index is 7.30. The molecule has 0 unspecified atom stereocenters. The van der Waals surface area contributed by atoms with Crippen molar-refractivity contribution in [2.24, 2.45) is 0 Å². The molecule has 0 amide bonds. The van der Waals surface area contributed by atoms with Gasteiger partial charge in [-0.3, -0.25) is 15.0 Å². The molecule has 0 spiro atoms. The van der Waals surface area contributed by atoms with E-state index in [1.165, 1.54) is 22.5 Å². The van der Waals surface area contributed by atoms with Crippen LogP contribution in [0.15, 0.2) is 222 Å². The monoisotopic (exact) mass is 885 g/mol. The van der Waals surface area contributed by atoms with Crippen LogP contribution in [0.2, 0.25) is 0 Å². The first-order chi connectivity index (χ1) is 34.0. The van der Waals surface area contributed by atoms with Gasteiger partial charge in [0.25, 0.3) is 13.4 Å². The smallest absolute Gasteiger partial charge is 0.290 e. The van der Waals surface area contributed by atoms with Gasteiger partial charge in [-0.2, -0.15) is 0 Å². The number of hydrogen-bond donors (Lipinski definition) is 0. The third kappa shape index (κ3) is 5.99. The van der Waals surface area contributed by atoms with Crippen LogP contribution in [-0.2, 0) is 5.41 Å². The van der Waals surface area contributed by atoms with Gasteiger partial charge in [-0.25, -0.2) is 0 Å². The third-order valence-corrected chi connectivity index (χ3v) is 14.6. The maximum Gasteiger partial charge on any atom is 0.290 e. The Balaban J connectivity index is 0.994. The normalized spacial score (nSPS) is 13.7. The average Bonchev–Trinajstić information content (AvgIpc) is 3.97. The summed E-state index contributed by atoms with van der Waals surface area (Å²) in [5.74, 6) is 0. The van der Waals surface area contributed by atoms with Crippen LogP contribution in [0, 0.1) is 0 Å². The van der Waals surface area contributed by atoms with Crippen molar-refractivity contribution in [2.75, 3.05) is 9.80 Å². The van der Waals surface area contributed by atoms with E-state index in [9.17, 15) is 0 Å². The number of para-hydroxylation sites is 4. The highest BCUT2D eigenvalue weighted by Gasteiger charge is 2.47. The Kier molecular flexibility index (Phi) is 8.68. The number of anilines is 6. The van der Waals surface area contributed by atoms with Gasteiger partial charge in [0.05, 0.1) is 39.2 Å². The summed E-state index contributed by atoms with van der Waals surface area (Å²) < 4.78 is 14.6. The van der Waals surface area contributed by atoms with Gasteiger partial charge in [0.1, 0.15) is 11.2 Å². The van der Waals surface area contributed by atoms with Crippen LogP contribution >= 0.6 is 0 Å². The SMILES string of the molecule is CC1(C)c2ccccc2N(c2ccc(B3c4oc5cc6nccnc6cc5c4B(c4ccc(N(c5ccccc5)c5ccccc5)cc4)c4oc5ccc6ncccc6c5c43)cc2)c2ccccc21. The van der Waals surface area contributed by atoms with E-state index in [1.54, 1.807) is 12.4 Å². The van der Waals surface area contributed by atoms with Crippen LogP contribution in [-0.4, -0.2) is 28.4 Å². The van der Waals surface area contributed by atoms with Gasteiger partial charge in [-0.15, -0.1) is 0 Å². The summed E-state index contributed by atoms with van der Waals surface area (Å²) in [5.41, 5.74) is 19.3. The van der Waals surface area contributed by atoms with Gasteiger partial charge in [-0.1, -0.05) is 128 Å². The lowest BCUT2D eigenvalue weighted by molar-refractivity contribution is 0.632. The molecule has 0 N–H and O–H groups in total. The van der Waals surface area contributed by atoms with E-state index < -0.39 is 0 Å². The van der Waals surface area contributed by atoms with E-state index in [0.29, 0.717) is 0 Å². The molecule has 9 heteroatoms. The molecule has 2 aliphatic rings. The molecule has 0 atom stereocenters. The molecule has 0 bridgehead atoms. The first-order valence-corrected chi connectivity index (χ1v) is 23.6. The molecule has 4 aromatic heterocycles. The molecule has 14 rings (SSSR count). The molecule has 0 fully saturated rings. The average molecular weight is 886 g/mol. The summed E-state index contributed by atoms with van der Waals surface area (Å²) in [6.45, 7) is 4.01. The van der Waals surface area contributed by atoms with Crippen molar-refractivity contribution in [3.05, 3.63) is 224 Å². The Morgan fingerprint density at radius 1 is 0.449 bits per heavy atom. The molecule has 12 aromatic rings. The minimum absolute atomic E-state index is 0.157. The lowest BCUT2D eigenvalue weighted by atomic mass is 9.24. The Labute approximate surface area is 399 Å².